The number of hydrogen-bond acceptors (Lipinski definition) is 4. The zero-order chi connectivity index (χ0) is 67.1. The molecular weight excluding hydrogens is 1200 g/mol. The second kappa shape index (κ2) is 23.1. The van der Waals surface area contributed by atoms with Gasteiger partial charge in [-0.15, -0.1) is 0 Å². The van der Waals surface area contributed by atoms with Gasteiger partial charge in [0.1, 0.15) is 11.2 Å². The number of aromatic amines is 5. The van der Waals surface area contributed by atoms with E-state index in [9.17, 15) is 0 Å². The van der Waals surface area contributed by atoms with Crippen molar-refractivity contribution in [3.05, 3.63) is 278 Å². The van der Waals surface area contributed by atoms with Crippen LogP contribution in [0.2, 0.25) is 0 Å². The van der Waals surface area contributed by atoms with Gasteiger partial charge in [-0.1, -0.05) is 172 Å². The fraction of sp³-hybridized carbons (Fsp3) is 0.157. The van der Waals surface area contributed by atoms with Crippen LogP contribution in [0.15, 0.2) is 192 Å². The van der Waals surface area contributed by atoms with E-state index < -0.39 is 0 Å². The van der Waals surface area contributed by atoms with Crippen LogP contribution in [-0.4, -0.2) is 39.9 Å². The van der Waals surface area contributed by atoms with Crippen LogP contribution < -0.4 is 0 Å². The van der Waals surface area contributed by atoms with E-state index in [0.29, 0.717) is 0 Å². The van der Waals surface area contributed by atoms with Crippen LogP contribution in [-0.2, 0) is 6.42 Å². The van der Waals surface area contributed by atoms with E-state index in [-0.39, 0.29) is 0 Å². The Morgan fingerprint density at radius 2 is 0.755 bits per heavy atom. The summed E-state index contributed by atoms with van der Waals surface area (Å²) in [5, 5.41) is 2.03. The first-order chi connectivity index (χ1) is 47.7. The van der Waals surface area contributed by atoms with E-state index in [0.717, 1.165) is 235 Å². The molecule has 0 spiro atoms. The zero-order valence-corrected chi connectivity index (χ0v) is 57.6. The van der Waals surface area contributed by atoms with Crippen LogP contribution in [0, 0.1) is 48.5 Å². The SMILES string of the molecule is CCC1=C(C)c2cc3[nH]c(c(C)c3C)c(-c3cccc4c3oc3c(-c5c6[nH]c(cc7nc(c8[nH]c(cc9[nH]c5c(C)c9C)c(-c5ccccc5)c8-c5ccccc5)C(c5ccccc5)=C7c5ccccc5)c(C)c6C)cccc34)c3nc(cc4[nH]c(cc1n2)c(CC)c4C)C(C)=C3C. The molecule has 5 N–H and O–H groups in total. The average molecular weight is 1270 g/mol. The van der Waals surface area contributed by atoms with Crippen LogP contribution in [0.4, 0.5) is 0 Å². The highest BCUT2D eigenvalue weighted by atomic mass is 16.3. The molecule has 0 amide bonds. The van der Waals surface area contributed by atoms with Gasteiger partial charge in [0.15, 0.2) is 0 Å². The third-order valence-electron chi connectivity index (χ3n) is 21.8. The van der Waals surface area contributed by atoms with Gasteiger partial charge in [0.2, 0.25) is 0 Å². The van der Waals surface area contributed by atoms with Gasteiger partial charge in [-0.3, -0.25) is 0 Å². The first kappa shape index (κ1) is 60.1. The lowest BCUT2D eigenvalue weighted by Crippen LogP contribution is -1.92. The number of fused-ring (bicyclic) bond motifs is 20. The van der Waals surface area contributed by atoms with Crippen LogP contribution in [0.25, 0.3) is 155 Å². The number of hydrogen-bond donors (Lipinski definition) is 5. The van der Waals surface area contributed by atoms with Gasteiger partial charge in [0.05, 0.1) is 56.2 Å². The second-order valence-corrected chi connectivity index (χ2v) is 27.0. The number of aryl methyl sites for hydroxylation is 8. The van der Waals surface area contributed by atoms with Crippen LogP contribution in [0.1, 0.15) is 131 Å². The molecule has 16 bridgehead atoms. The number of furan rings is 1. The van der Waals surface area contributed by atoms with Gasteiger partial charge in [0, 0.05) is 88.4 Å². The summed E-state index contributed by atoms with van der Waals surface area (Å²) >= 11 is 0. The quantitative estimate of drug-likeness (QED) is 0.104. The Hall–Kier alpha value is -11.6. The molecule has 0 atom stereocenters. The normalized spacial score (nSPS) is 13.1. The first-order valence-corrected chi connectivity index (χ1v) is 34.4. The maximum Gasteiger partial charge on any atom is 0.143 e. The predicted molar refractivity (Wildman–Crippen MR) is 411 cm³/mol. The van der Waals surface area contributed by atoms with E-state index in [1.54, 1.807) is 0 Å². The molecule has 3 aliphatic rings. The number of para-hydroxylation sites is 2. The van der Waals surface area contributed by atoms with Crippen molar-refractivity contribution in [2.75, 3.05) is 0 Å². The molecule has 17 rings (SSSR count). The second-order valence-electron chi connectivity index (χ2n) is 27.0. The fourth-order valence-corrected chi connectivity index (χ4v) is 15.9. The maximum atomic E-state index is 7.78. The summed E-state index contributed by atoms with van der Waals surface area (Å²) in [6.07, 6.45) is 1.76. The van der Waals surface area contributed by atoms with Crippen LogP contribution in [0.5, 0.6) is 0 Å². The third-order valence-corrected chi connectivity index (χ3v) is 21.8. The Kier molecular flexibility index (Phi) is 14.2. The molecule has 14 aromatic rings. The van der Waals surface area contributed by atoms with E-state index in [4.69, 9.17) is 19.4 Å². The predicted octanol–water partition coefficient (Wildman–Crippen LogP) is 23.7. The summed E-state index contributed by atoms with van der Waals surface area (Å²) in [4.78, 5) is 37.3. The smallest absolute Gasteiger partial charge is 0.143 e. The molecule has 9 heteroatoms. The average Bonchev–Trinajstić information content (AvgIpc) is 1.57. The van der Waals surface area contributed by atoms with Gasteiger partial charge in [-0.05, 0) is 201 Å². The summed E-state index contributed by atoms with van der Waals surface area (Å²) in [6, 6.07) is 67.9. The molecule has 0 unspecified atom stereocenters. The Morgan fingerprint density at radius 3 is 1.31 bits per heavy atom. The van der Waals surface area contributed by atoms with E-state index in [1.807, 2.05) is 0 Å². The third kappa shape index (κ3) is 9.23. The van der Waals surface area contributed by atoms with Gasteiger partial charge < -0.3 is 29.3 Å². The van der Waals surface area contributed by atoms with E-state index >= 15 is 0 Å². The maximum absolute atomic E-state index is 7.78. The molecule has 0 saturated carbocycles. The summed E-state index contributed by atoms with van der Waals surface area (Å²) in [5.74, 6) is 0. The lowest BCUT2D eigenvalue weighted by Gasteiger charge is -2.11. The summed E-state index contributed by atoms with van der Waals surface area (Å²) in [6.45, 7) is 26.8. The van der Waals surface area contributed by atoms with E-state index in [1.165, 1.54) is 22.3 Å². The molecule has 6 aromatic carbocycles. The minimum absolute atomic E-state index is 0.784. The topological polar surface area (TPSA) is 131 Å². The molecule has 3 aliphatic heterocycles. The van der Waals surface area contributed by atoms with Gasteiger partial charge in [-0.25, -0.2) is 15.0 Å². The molecule has 9 nitrogen and oxygen atoms in total. The zero-order valence-electron chi connectivity index (χ0n) is 57.6. The summed E-state index contributed by atoms with van der Waals surface area (Å²) in [5.41, 5.74) is 43.7. The number of rotatable bonds is 8. The van der Waals surface area contributed by atoms with Gasteiger partial charge in [0.25, 0.3) is 0 Å². The van der Waals surface area contributed by atoms with Gasteiger partial charge in [-0.2, -0.15) is 0 Å². The Labute approximate surface area is 569 Å². The molecule has 8 aromatic heterocycles. The minimum Gasteiger partial charge on any atom is -0.455 e. The highest BCUT2D eigenvalue weighted by Gasteiger charge is 2.31. The molecule has 98 heavy (non-hydrogen) atoms. The lowest BCUT2D eigenvalue weighted by atomic mass is 9.90. The number of aromatic nitrogens is 8. The van der Waals surface area contributed by atoms with Crippen molar-refractivity contribution in [1.29, 1.82) is 0 Å². The molecule has 478 valence electrons. The molecule has 0 fully saturated rings. The molecular formula is C89H76N8O. The standard InChI is InChI=1S/C89H76N8O/c1-13-60-54(11)70-41-66-46(3)50(7)82(92-66)80(83-51(8)47(4)67(93-83)42-71-55(12)61(14-2)73(91-71)45-72(60)90-70)64-39-27-37-62-63-38-28-40-65(89(63)98-88(62)64)81-84-52(9)48(5)68(94-84)43-74-76(56-29-19-15-20-30-56)78(58-33-23-17-24-34-58)86(96-74)87-79(59-35-25-18-26-36-59)77(57-31-21-16-22-32-57)75(97-87)44-69-49(6)53(10)85(81)95-69/h15-45,90,93-96H,13-14H2,1-12H3. The number of nitrogens with zero attached hydrogens (tertiary/aromatic N) is 3. The van der Waals surface area contributed by atoms with Crippen molar-refractivity contribution in [1.82, 2.24) is 39.9 Å². The van der Waals surface area contributed by atoms with Crippen LogP contribution >= 0.6 is 0 Å². The van der Waals surface area contributed by atoms with Crippen molar-refractivity contribution in [3.63, 3.8) is 0 Å². The molecule has 0 radical (unpaired) electrons. The van der Waals surface area contributed by atoms with Crippen molar-refractivity contribution in [2.24, 2.45) is 0 Å². The number of nitrogens with one attached hydrogen (secondary N) is 5. The summed E-state index contributed by atoms with van der Waals surface area (Å²) < 4.78 is 7.78. The van der Waals surface area contributed by atoms with Crippen molar-refractivity contribution in [3.8, 4) is 44.5 Å². The Bertz CT molecular complexity index is 6150. The minimum atomic E-state index is 0.784. The lowest BCUT2D eigenvalue weighted by molar-refractivity contribution is 0.671. The van der Waals surface area contributed by atoms with Crippen molar-refractivity contribution >= 4 is 111 Å². The van der Waals surface area contributed by atoms with E-state index in [2.05, 4.69) is 296 Å². The van der Waals surface area contributed by atoms with Crippen molar-refractivity contribution in [2.45, 2.75) is 95.9 Å². The Balaban J connectivity index is 0.997. The number of allylic oxidation sites excluding steroid dienone is 4. The fourth-order valence-electron chi connectivity index (χ4n) is 15.9. The molecule has 0 aliphatic carbocycles. The molecule has 0 saturated heterocycles. The number of H-pyrrole nitrogens is 5. The highest BCUT2D eigenvalue weighted by molar-refractivity contribution is 6.18. The van der Waals surface area contributed by atoms with Crippen LogP contribution in [0.3, 0.4) is 0 Å². The molecule has 11 heterocycles. The summed E-state index contributed by atoms with van der Waals surface area (Å²) in [7, 11) is 0. The Morgan fingerprint density at radius 1 is 0.306 bits per heavy atom. The monoisotopic (exact) mass is 1270 g/mol. The van der Waals surface area contributed by atoms with Crippen molar-refractivity contribution < 1.29 is 4.42 Å². The highest BCUT2D eigenvalue weighted by Crippen LogP contribution is 2.50. The number of benzene rings is 6. The van der Waals surface area contributed by atoms with Gasteiger partial charge >= 0.3 is 0 Å². The first-order valence-electron chi connectivity index (χ1n) is 34.4. The largest absolute Gasteiger partial charge is 0.455 e.